The quantitative estimate of drug-likeness (QED) is 0.757. The molecule has 128 valence electrons. The molecule has 0 radical (unpaired) electrons. The summed E-state index contributed by atoms with van der Waals surface area (Å²) in [7, 11) is 3.20. The maximum atomic E-state index is 12.1. The number of hydrogen-bond acceptors (Lipinski definition) is 4. The largest absolute Gasteiger partial charge is 0.493 e. The fourth-order valence-electron chi connectivity index (χ4n) is 2.70. The zero-order chi connectivity index (χ0) is 16.5. The second kappa shape index (κ2) is 9.25. The van der Waals surface area contributed by atoms with E-state index in [4.69, 9.17) is 14.2 Å². The van der Waals surface area contributed by atoms with Crippen molar-refractivity contribution in [3.05, 3.63) is 18.2 Å². The smallest absolute Gasteiger partial charge is 0.319 e. The highest BCUT2D eigenvalue weighted by Gasteiger charge is 2.16. The van der Waals surface area contributed by atoms with Gasteiger partial charge in [0.05, 0.1) is 13.7 Å². The van der Waals surface area contributed by atoms with Gasteiger partial charge in [-0.2, -0.15) is 0 Å². The molecule has 0 heterocycles. The van der Waals surface area contributed by atoms with Gasteiger partial charge in [-0.1, -0.05) is 19.3 Å². The molecule has 0 unspecified atom stereocenters. The van der Waals surface area contributed by atoms with Gasteiger partial charge in [-0.25, -0.2) is 4.79 Å². The van der Waals surface area contributed by atoms with Crippen LogP contribution in [-0.2, 0) is 4.74 Å². The maximum absolute atomic E-state index is 12.1. The van der Waals surface area contributed by atoms with Crippen LogP contribution in [0.15, 0.2) is 18.2 Å². The number of methoxy groups -OCH3 is 2. The third-order valence-electron chi connectivity index (χ3n) is 3.91. The minimum absolute atomic E-state index is 0.176. The minimum Gasteiger partial charge on any atom is -0.493 e. The monoisotopic (exact) mass is 322 g/mol. The van der Waals surface area contributed by atoms with Gasteiger partial charge in [-0.3, -0.25) is 0 Å². The highest BCUT2D eigenvalue weighted by molar-refractivity contribution is 5.89. The fourth-order valence-corrected chi connectivity index (χ4v) is 2.70. The number of rotatable bonds is 7. The number of carbonyl (C=O) groups is 1. The third-order valence-corrected chi connectivity index (χ3v) is 3.91. The number of amides is 2. The van der Waals surface area contributed by atoms with Crippen LogP contribution >= 0.6 is 0 Å². The maximum Gasteiger partial charge on any atom is 0.319 e. The summed E-state index contributed by atoms with van der Waals surface area (Å²) < 4.78 is 15.9. The molecule has 2 amide bonds. The van der Waals surface area contributed by atoms with Crippen molar-refractivity contribution in [3.63, 3.8) is 0 Å². The normalized spacial score (nSPS) is 15.0. The topological polar surface area (TPSA) is 68.8 Å². The molecule has 1 aliphatic rings. The Kier molecular flexibility index (Phi) is 7.00. The lowest BCUT2D eigenvalue weighted by atomic mass is 9.96. The lowest BCUT2D eigenvalue weighted by Gasteiger charge is -2.23. The van der Waals surface area contributed by atoms with E-state index in [9.17, 15) is 4.79 Å². The molecule has 6 heteroatoms. The van der Waals surface area contributed by atoms with Crippen LogP contribution in [0.5, 0.6) is 11.5 Å². The fraction of sp³-hybridized carbons (Fsp3) is 0.588. The van der Waals surface area contributed by atoms with Gasteiger partial charge < -0.3 is 24.8 Å². The summed E-state index contributed by atoms with van der Waals surface area (Å²) >= 11 is 0. The molecule has 0 bridgehead atoms. The van der Waals surface area contributed by atoms with Gasteiger partial charge in [0.15, 0.2) is 11.5 Å². The molecule has 1 aliphatic carbocycles. The van der Waals surface area contributed by atoms with Crippen molar-refractivity contribution in [1.29, 1.82) is 0 Å². The summed E-state index contributed by atoms with van der Waals surface area (Å²) in [5, 5.41) is 5.88. The predicted octanol–water partition coefficient (Wildman–Crippen LogP) is 3.17. The van der Waals surface area contributed by atoms with Gasteiger partial charge in [0.2, 0.25) is 0 Å². The van der Waals surface area contributed by atoms with E-state index in [0.717, 1.165) is 12.8 Å². The standard InChI is InChI=1S/C17H26N2O4/c1-21-10-11-23-16-12-14(8-9-15(16)22-2)19-17(20)18-13-6-4-3-5-7-13/h8-9,12-13H,3-7,10-11H2,1-2H3,(H2,18,19,20). The number of ether oxygens (including phenoxy) is 3. The second-order valence-electron chi connectivity index (χ2n) is 5.64. The van der Waals surface area contributed by atoms with Gasteiger partial charge in [0.25, 0.3) is 0 Å². The van der Waals surface area contributed by atoms with E-state index in [1.54, 1.807) is 32.4 Å². The Labute approximate surface area is 137 Å². The molecule has 2 rings (SSSR count). The van der Waals surface area contributed by atoms with Crippen LogP contribution < -0.4 is 20.1 Å². The summed E-state index contributed by atoms with van der Waals surface area (Å²) in [6.45, 7) is 0.910. The molecule has 6 nitrogen and oxygen atoms in total. The van der Waals surface area contributed by atoms with Crippen LogP contribution in [0.2, 0.25) is 0 Å². The van der Waals surface area contributed by atoms with Crippen molar-refractivity contribution in [2.24, 2.45) is 0 Å². The van der Waals surface area contributed by atoms with Crippen LogP contribution in [0.3, 0.4) is 0 Å². The molecule has 1 aromatic carbocycles. The predicted molar refractivity (Wildman–Crippen MR) is 89.4 cm³/mol. The van der Waals surface area contributed by atoms with E-state index in [2.05, 4.69) is 10.6 Å². The van der Waals surface area contributed by atoms with Crippen LogP contribution in [0.25, 0.3) is 0 Å². The number of urea groups is 1. The Balaban J connectivity index is 1.92. The van der Waals surface area contributed by atoms with E-state index >= 15 is 0 Å². The number of anilines is 1. The van der Waals surface area contributed by atoms with Crippen LogP contribution in [-0.4, -0.2) is 39.5 Å². The van der Waals surface area contributed by atoms with Crippen LogP contribution in [0.1, 0.15) is 32.1 Å². The summed E-state index contributed by atoms with van der Waals surface area (Å²) in [6.07, 6.45) is 5.75. The van der Waals surface area contributed by atoms with Gasteiger partial charge in [0, 0.05) is 24.9 Å². The minimum atomic E-state index is -0.176. The lowest BCUT2D eigenvalue weighted by molar-refractivity contribution is 0.144. The van der Waals surface area contributed by atoms with Crippen molar-refractivity contribution in [2.75, 3.05) is 32.8 Å². The SMILES string of the molecule is COCCOc1cc(NC(=O)NC2CCCCC2)ccc1OC. The Hall–Kier alpha value is -1.95. The van der Waals surface area contributed by atoms with Gasteiger partial charge in [0.1, 0.15) is 6.61 Å². The highest BCUT2D eigenvalue weighted by atomic mass is 16.5. The number of benzene rings is 1. The molecule has 0 saturated heterocycles. The van der Waals surface area contributed by atoms with E-state index in [1.165, 1.54) is 19.3 Å². The first-order valence-corrected chi connectivity index (χ1v) is 8.10. The molecule has 1 aromatic rings. The Morgan fingerprint density at radius 2 is 1.91 bits per heavy atom. The Morgan fingerprint density at radius 3 is 2.61 bits per heavy atom. The molecule has 1 fully saturated rings. The van der Waals surface area contributed by atoms with E-state index in [0.29, 0.717) is 30.4 Å². The summed E-state index contributed by atoms with van der Waals surface area (Å²) in [5.41, 5.74) is 0.673. The molecular formula is C17H26N2O4. The molecule has 0 aromatic heterocycles. The van der Waals surface area contributed by atoms with Crippen molar-refractivity contribution < 1.29 is 19.0 Å². The molecule has 2 N–H and O–H groups in total. The molecule has 0 aliphatic heterocycles. The summed E-state index contributed by atoms with van der Waals surface area (Å²) in [5.74, 6) is 1.21. The Morgan fingerprint density at radius 1 is 1.13 bits per heavy atom. The molecule has 1 saturated carbocycles. The van der Waals surface area contributed by atoms with Crippen molar-refractivity contribution in [1.82, 2.24) is 5.32 Å². The lowest BCUT2D eigenvalue weighted by Crippen LogP contribution is -2.39. The second-order valence-corrected chi connectivity index (χ2v) is 5.64. The van der Waals surface area contributed by atoms with Crippen LogP contribution in [0, 0.1) is 0 Å². The zero-order valence-electron chi connectivity index (χ0n) is 13.9. The van der Waals surface area contributed by atoms with Crippen molar-refractivity contribution >= 4 is 11.7 Å². The molecule has 0 spiro atoms. The third kappa shape index (κ3) is 5.63. The van der Waals surface area contributed by atoms with E-state index < -0.39 is 0 Å². The average Bonchev–Trinajstić information content (AvgIpc) is 2.56. The first kappa shape index (κ1) is 17.4. The summed E-state index contributed by atoms with van der Waals surface area (Å²) in [6, 6.07) is 5.43. The molecule has 23 heavy (non-hydrogen) atoms. The zero-order valence-corrected chi connectivity index (χ0v) is 13.9. The van der Waals surface area contributed by atoms with Crippen LogP contribution in [0.4, 0.5) is 10.5 Å². The van der Waals surface area contributed by atoms with Gasteiger partial charge in [-0.15, -0.1) is 0 Å². The molecular weight excluding hydrogens is 296 g/mol. The first-order chi connectivity index (χ1) is 11.2. The Bertz CT molecular complexity index is 501. The van der Waals surface area contributed by atoms with Crippen molar-refractivity contribution in [2.45, 2.75) is 38.1 Å². The average molecular weight is 322 g/mol. The van der Waals surface area contributed by atoms with E-state index in [-0.39, 0.29) is 12.1 Å². The first-order valence-electron chi connectivity index (χ1n) is 8.10. The van der Waals surface area contributed by atoms with Gasteiger partial charge >= 0.3 is 6.03 Å². The van der Waals surface area contributed by atoms with E-state index in [1.807, 2.05) is 0 Å². The molecule has 0 atom stereocenters. The summed E-state index contributed by atoms with van der Waals surface area (Å²) in [4.78, 5) is 12.1. The van der Waals surface area contributed by atoms with Gasteiger partial charge in [-0.05, 0) is 25.0 Å². The highest BCUT2D eigenvalue weighted by Crippen LogP contribution is 2.30. The van der Waals surface area contributed by atoms with Crippen molar-refractivity contribution in [3.8, 4) is 11.5 Å². The number of nitrogens with one attached hydrogen (secondary N) is 2. The number of carbonyl (C=O) groups excluding carboxylic acids is 1. The number of hydrogen-bond donors (Lipinski definition) is 2.